The predicted octanol–water partition coefficient (Wildman–Crippen LogP) is 3.89. The largest absolute Gasteiger partial charge is 0.493 e. The van der Waals surface area contributed by atoms with Gasteiger partial charge in [-0.05, 0) is 51.2 Å². The van der Waals surface area contributed by atoms with Crippen molar-refractivity contribution >= 4 is 45.1 Å². The molecule has 6 nitrogen and oxygen atoms in total. The van der Waals surface area contributed by atoms with E-state index in [1.165, 1.54) is 0 Å². The Hall–Kier alpha value is -2.67. The van der Waals surface area contributed by atoms with Gasteiger partial charge in [0.25, 0.3) is 0 Å². The van der Waals surface area contributed by atoms with E-state index in [2.05, 4.69) is 36.4 Å². The highest BCUT2D eigenvalue weighted by molar-refractivity contribution is 7.80. The molecule has 0 spiro atoms. The van der Waals surface area contributed by atoms with Crippen LogP contribution in [0.25, 0.3) is 22.1 Å². The molecule has 136 valence electrons. The van der Waals surface area contributed by atoms with E-state index < -0.39 is 0 Å². The van der Waals surface area contributed by atoms with Crippen molar-refractivity contribution in [2.75, 3.05) is 19.5 Å². The van der Waals surface area contributed by atoms with Crippen LogP contribution in [0.2, 0.25) is 0 Å². The molecule has 0 saturated carbocycles. The standard InChI is InChI=1S/C19H22N4O2S/c1-19(2,3)23-18(26)20-11-6-7-12-13(8-11)22-15-10-17(25-5)16(24-4)9-14(15)21-12/h6-10H,1-5H3,(H2,20,23,26). The van der Waals surface area contributed by atoms with Gasteiger partial charge in [0.05, 0.1) is 36.3 Å². The van der Waals surface area contributed by atoms with Gasteiger partial charge in [-0.15, -0.1) is 0 Å². The highest BCUT2D eigenvalue weighted by atomic mass is 32.1. The highest BCUT2D eigenvalue weighted by Crippen LogP contribution is 2.31. The van der Waals surface area contributed by atoms with Crippen LogP contribution in [0.3, 0.4) is 0 Å². The van der Waals surface area contributed by atoms with Crippen molar-refractivity contribution in [3.63, 3.8) is 0 Å². The molecule has 26 heavy (non-hydrogen) atoms. The van der Waals surface area contributed by atoms with Gasteiger partial charge in [0.1, 0.15) is 0 Å². The van der Waals surface area contributed by atoms with Crippen LogP contribution in [0.5, 0.6) is 11.5 Å². The van der Waals surface area contributed by atoms with Gasteiger partial charge in [0.2, 0.25) is 0 Å². The maximum absolute atomic E-state index is 5.36. The van der Waals surface area contributed by atoms with E-state index in [1.807, 2.05) is 30.3 Å². The Labute approximate surface area is 157 Å². The Morgan fingerprint density at radius 2 is 1.42 bits per heavy atom. The van der Waals surface area contributed by atoms with Crippen molar-refractivity contribution in [3.05, 3.63) is 30.3 Å². The molecule has 0 bridgehead atoms. The molecule has 0 unspecified atom stereocenters. The van der Waals surface area contributed by atoms with E-state index in [4.69, 9.17) is 26.7 Å². The summed E-state index contributed by atoms with van der Waals surface area (Å²) >= 11 is 5.36. The fourth-order valence-corrected chi connectivity index (χ4v) is 3.01. The van der Waals surface area contributed by atoms with Crippen LogP contribution in [-0.2, 0) is 0 Å². The minimum absolute atomic E-state index is 0.105. The van der Waals surface area contributed by atoms with E-state index in [0.717, 1.165) is 27.8 Å². The number of fused-ring (bicyclic) bond motifs is 2. The quantitative estimate of drug-likeness (QED) is 0.535. The predicted molar refractivity (Wildman–Crippen MR) is 109 cm³/mol. The topological polar surface area (TPSA) is 68.3 Å². The van der Waals surface area contributed by atoms with Gasteiger partial charge in [0.15, 0.2) is 16.6 Å². The highest BCUT2D eigenvalue weighted by Gasteiger charge is 2.12. The van der Waals surface area contributed by atoms with E-state index in [-0.39, 0.29) is 5.54 Å². The van der Waals surface area contributed by atoms with Crippen molar-refractivity contribution < 1.29 is 9.47 Å². The molecule has 3 rings (SSSR count). The number of aromatic nitrogens is 2. The second-order valence-corrected chi connectivity index (χ2v) is 7.36. The Bertz CT molecular complexity index is 983. The van der Waals surface area contributed by atoms with Crippen LogP contribution in [0.15, 0.2) is 30.3 Å². The van der Waals surface area contributed by atoms with Crippen molar-refractivity contribution in [1.29, 1.82) is 0 Å². The van der Waals surface area contributed by atoms with Crippen molar-refractivity contribution in [2.24, 2.45) is 0 Å². The number of rotatable bonds is 3. The summed E-state index contributed by atoms with van der Waals surface area (Å²) in [4.78, 5) is 9.37. The molecule has 0 atom stereocenters. The van der Waals surface area contributed by atoms with Crippen molar-refractivity contribution in [2.45, 2.75) is 26.3 Å². The minimum Gasteiger partial charge on any atom is -0.493 e. The van der Waals surface area contributed by atoms with Crippen LogP contribution in [0, 0.1) is 0 Å². The number of ether oxygens (including phenoxy) is 2. The van der Waals surface area contributed by atoms with Crippen LogP contribution >= 0.6 is 12.2 Å². The number of anilines is 1. The van der Waals surface area contributed by atoms with E-state index in [1.54, 1.807) is 14.2 Å². The van der Waals surface area contributed by atoms with E-state index in [0.29, 0.717) is 16.6 Å². The Kier molecular flexibility index (Phi) is 4.82. The zero-order valence-corrected chi connectivity index (χ0v) is 16.3. The summed E-state index contributed by atoms with van der Waals surface area (Å²) < 4.78 is 10.7. The zero-order chi connectivity index (χ0) is 18.9. The molecular weight excluding hydrogens is 348 g/mol. The molecule has 0 aliphatic carbocycles. The summed E-state index contributed by atoms with van der Waals surface area (Å²) in [6.07, 6.45) is 0. The molecule has 1 aromatic heterocycles. The first-order valence-electron chi connectivity index (χ1n) is 8.22. The Balaban J connectivity index is 1.98. The number of nitrogens with one attached hydrogen (secondary N) is 2. The molecule has 7 heteroatoms. The number of hydrogen-bond acceptors (Lipinski definition) is 5. The lowest BCUT2D eigenvalue weighted by atomic mass is 10.1. The van der Waals surface area contributed by atoms with Gasteiger partial charge in [-0.25, -0.2) is 9.97 Å². The number of benzene rings is 2. The van der Waals surface area contributed by atoms with E-state index in [9.17, 15) is 0 Å². The van der Waals surface area contributed by atoms with E-state index >= 15 is 0 Å². The molecular formula is C19H22N4O2S. The summed E-state index contributed by atoms with van der Waals surface area (Å²) in [6, 6.07) is 9.43. The van der Waals surface area contributed by atoms with Crippen LogP contribution in [0.4, 0.5) is 5.69 Å². The zero-order valence-electron chi connectivity index (χ0n) is 15.5. The molecule has 0 amide bonds. The third kappa shape index (κ3) is 3.94. The number of methoxy groups -OCH3 is 2. The lowest BCUT2D eigenvalue weighted by Crippen LogP contribution is -2.42. The number of hydrogen-bond donors (Lipinski definition) is 2. The normalized spacial score (nSPS) is 11.4. The average Bonchev–Trinajstić information content (AvgIpc) is 2.56. The second kappa shape index (κ2) is 6.92. The monoisotopic (exact) mass is 370 g/mol. The lowest BCUT2D eigenvalue weighted by molar-refractivity contribution is 0.355. The van der Waals surface area contributed by atoms with Gasteiger partial charge in [0, 0.05) is 23.4 Å². The minimum atomic E-state index is -0.105. The first-order valence-corrected chi connectivity index (χ1v) is 8.62. The molecule has 0 aliphatic heterocycles. The molecule has 0 aliphatic rings. The van der Waals surface area contributed by atoms with Gasteiger partial charge in [-0.3, -0.25) is 0 Å². The summed E-state index contributed by atoms with van der Waals surface area (Å²) in [5.41, 5.74) is 3.81. The third-order valence-electron chi connectivity index (χ3n) is 3.68. The first-order chi connectivity index (χ1) is 12.3. The summed E-state index contributed by atoms with van der Waals surface area (Å²) in [5.74, 6) is 1.25. The van der Waals surface area contributed by atoms with Crippen LogP contribution in [0.1, 0.15) is 20.8 Å². The summed E-state index contributed by atoms with van der Waals surface area (Å²) in [7, 11) is 3.20. The van der Waals surface area contributed by atoms with Gasteiger partial charge in [-0.2, -0.15) is 0 Å². The average molecular weight is 370 g/mol. The number of thiocarbonyl (C=S) groups is 1. The Morgan fingerprint density at radius 1 is 0.885 bits per heavy atom. The fourth-order valence-electron chi connectivity index (χ4n) is 2.58. The molecule has 3 aromatic rings. The van der Waals surface area contributed by atoms with Crippen molar-refractivity contribution in [1.82, 2.24) is 15.3 Å². The smallest absolute Gasteiger partial charge is 0.171 e. The second-order valence-electron chi connectivity index (χ2n) is 6.95. The van der Waals surface area contributed by atoms with Crippen LogP contribution in [-0.4, -0.2) is 34.8 Å². The molecule has 2 N–H and O–H groups in total. The summed E-state index contributed by atoms with van der Waals surface area (Å²) in [6.45, 7) is 6.17. The van der Waals surface area contributed by atoms with Gasteiger partial charge >= 0.3 is 0 Å². The van der Waals surface area contributed by atoms with Crippen LogP contribution < -0.4 is 20.1 Å². The molecule has 2 aromatic carbocycles. The molecule has 1 heterocycles. The molecule has 0 fully saturated rings. The molecule has 0 radical (unpaired) electrons. The maximum atomic E-state index is 5.36. The summed E-state index contributed by atoms with van der Waals surface area (Å²) in [5, 5.41) is 6.98. The Morgan fingerprint density at radius 3 is 1.96 bits per heavy atom. The third-order valence-corrected chi connectivity index (χ3v) is 3.89. The fraction of sp³-hybridized carbons (Fsp3) is 0.316. The lowest BCUT2D eigenvalue weighted by Gasteiger charge is -2.23. The van der Waals surface area contributed by atoms with Gasteiger partial charge in [-0.1, -0.05) is 0 Å². The molecule has 0 saturated heterocycles. The van der Waals surface area contributed by atoms with Crippen molar-refractivity contribution in [3.8, 4) is 11.5 Å². The van der Waals surface area contributed by atoms with Gasteiger partial charge < -0.3 is 20.1 Å². The maximum Gasteiger partial charge on any atom is 0.171 e. The first kappa shape index (κ1) is 18.1. The SMILES string of the molecule is COc1cc2nc3ccc(NC(=S)NC(C)(C)C)cc3nc2cc1OC. The number of nitrogens with zero attached hydrogens (tertiary/aromatic N) is 2.